The maximum atomic E-state index is 3.62. The average molecular weight is 187 g/mol. The fraction of sp³-hybridized carbons (Fsp3) is 0.231. The molecule has 1 aromatic rings. The molecule has 0 saturated carbocycles. The van der Waals surface area contributed by atoms with Gasteiger partial charge in [-0.15, -0.1) is 0 Å². The molecule has 1 nitrogen and oxygen atoms in total. The second kappa shape index (κ2) is 6.17. The van der Waals surface area contributed by atoms with Crippen molar-refractivity contribution in [2.24, 2.45) is 0 Å². The number of hydrogen-bond acceptors (Lipinski definition) is 1. The van der Waals surface area contributed by atoms with Crippen LogP contribution in [-0.2, 0) is 0 Å². The van der Waals surface area contributed by atoms with Crippen LogP contribution in [0.25, 0.3) is 0 Å². The van der Waals surface area contributed by atoms with E-state index in [0.29, 0.717) is 6.04 Å². The minimum absolute atomic E-state index is 0.394. The lowest BCUT2D eigenvalue weighted by molar-refractivity contribution is 0.617. The molecule has 1 N–H and O–H groups in total. The van der Waals surface area contributed by atoms with E-state index in [1.165, 1.54) is 5.56 Å². The molecule has 1 unspecified atom stereocenters. The van der Waals surface area contributed by atoms with Gasteiger partial charge < -0.3 is 5.32 Å². The Morgan fingerprint density at radius 1 is 1.36 bits per heavy atom. The summed E-state index contributed by atoms with van der Waals surface area (Å²) in [6.45, 7) is 6.66. The van der Waals surface area contributed by atoms with Crippen molar-refractivity contribution >= 4 is 0 Å². The van der Waals surface area contributed by atoms with E-state index in [9.17, 15) is 0 Å². The van der Waals surface area contributed by atoms with Crippen molar-refractivity contribution in [1.29, 1.82) is 0 Å². The molecule has 1 heteroatoms. The Morgan fingerprint density at radius 3 is 2.71 bits per heavy atom. The van der Waals surface area contributed by atoms with E-state index < -0.39 is 0 Å². The second-order valence-electron chi connectivity index (χ2n) is 3.20. The van der Waals surface area contributed by atoms with Crippen LogP contribution in [0.5, 0.6) is 0 Å². The van der Waals surface area contributed by atoms with Gasteiger partial charge in [-0.25, -0.2) is 0 Å². The van der Waals surface area contributed by atoms with Crippen molar-refractivity contribution in [3.63, 3.8) is 0 Å². The summed E-state index contributed by atoms with van der Waals surface area (Å²) in [7, 11) is 0. The van der Waals surface area contributed by atoms with Gasteiger partial charge in [-0.2, -0.15) is 0 Å². The second-order valence-corrected chi connectivity index (χ2v) is 3.20. The molecule has 0 fully saturated rings. The van der Waals surface area contributed by atoms with Gasteiger partial charge in [0.2, 0.25) is 0 Å². The van der Waals surface area contributed by atoms with Crippen molar-refractivity contribution in [1.82, 2.24) is 5.32 Å². The fourth-order valence-electron chi connectivity index (χ4n) is 1.27. The van der Waals surface area contributed by atoms with Crippen LogP contribution in [0.1, 0.15) is 18.5 Å². The van der Waals surface area contributed by atoms with Crippen LogP contribution in [0.4, 0.5) is 0 Å². The number of rotatable bonds is 5. The molecule has 0 aliphatic heterocycles. The predicted octanol–water partition coefficient (Wildman–Crippen LogP) is 3.08. The first-order valence-electron chi connectivity index (χ1n) is 4.90. The van der Waals surface area contributed by atoms with Crippen molar-refractivity contribution in [3.05, 3.63) is 60.7 Å². The number of benzene rings is 1. The van der Waals surface area contributed by atoms with E-state index >= 15 is 0 Å². The number of allylic oxidation sites excluding steroid dienone is 2. The molecule has 1 atom stereocenters. The van der Waals surface area contributed by atoms with Crippen LogP contribution in [0, 0.1) is 0 Å². The molecule has 1 aromatic carbocycles. The summed E-state index contributed by atoms with van der Waals surface area (Å²) in [6.07, 6.45) is 5.80. The third-order valence-corrected chi connectivity index (χ3v) is 2.11. The van der Waals surface area contributed by atoms with Crippen molar-refractivity contribution in [2.75, 3.05) is 6.54 Å². The van der Waals surface area contributed by atoms with Gasteiger partial charge in [-0.1, -0.05) is 55.1 Å². The van der Waals surface area contributed by atoms with Crippen molar-refractivity contribution in [2.45, 2.75) is 13.0 Å². The Balaban J connectivity index is 2.39. The Bertz CT molecular complexity index is 287. The van der Waals surface area contributed by atoms with Gasteiger partial charge in [0.15, 0.2) is 0 Å². The van der Waals surface area contributed by atoms with Gasteiger partial charge in [0, 0.05) is 12.6 Å². The molecule has 0 amide bonds. The van der Waals surface area contributed by atoms with Crippen LogP contribution >= 0.6 is 0 Å². The fourth-order valence-corrected chi connectivity index (χ4v) is 1.27. The minimum atomic E-state index is 0.394. The maximum Gasteiger partial charge on any atom is 0.0294 e. The first kappa shape index (κ1) is 10.7. The Labute approximate surface area is 86.2 Å². The average Bonchev–Trinajstić information content (AvgIpc) is 2.25. The quantitative estimate of drug-likeness (QED) is 0.698. The summed E-state index contributed by atoms with van der Waals surface area (Å²) in [5, 5.41) is 3.40. The standard InChI is InChI=1S/C13H17N/c1-3-4-8-11-14-12(2)13-9-6-5-7-10-13/h3-10,12,14H,1,11H2,2H3/b8-4+. The maximum absolute atomic E-state index is 3.62. The van der Waals surface area contributed by atoms with Crippen molar-refractivity contribution < 1.29 is 0 Å². The molecular weight excluding hydrogens is 170 g/mol. The molecule has 0 bridgehead atoms. The molecule has 74 valence electrons. The molecule has 1 rings (SSSR count). The molecule has 0 aliphatic carbocycles. The van der Waals surface area contributed by atoms with E-state index in [2.05, 4.69) is 49.2 Å². The molecule has 0 radical (unpaired) electrons. The molecule has 0 aliphatic rings. The highest BCUT2D eigenvalue weighted by molar-refractivity contribution is 5.18. The van der Waals surface area contributed by atoms with Crippen LogP contribution < -0.4 is 5.32 Å². The number of nitrogens with one attached hydrogen (secondary N) is 1. The zero-order valence-corrected chi connectivity index (χ0v) is 8.61. The van der Waals surface area contributed by atoms with Crippen LogP contribution in [0.3, 0.4) is 0 Å². The normalized spacial score (nSPS) is 12.9. The highest BCUT2D eigenvalue weighted by atomic mass is 14.9. The van der Waals surface area contributed by atoms with E-state index in [1.807, 2.05) is 12.1 Å². The molecule has 0 aromatic heterocycles. The van der Waals surface area contributed by atoms with Gasteiger partial charge in [-0.05, 0) is 12.5 Å². The Morgan fingerprint density at radius 2 is 2.07 bits per heavy atom. The predicted molar refractivity (Wildman–Crippen MR) is 62.2 cm³/mol. The van der Waals surface area contributed by atoms with E-state index in [4.69, 9.17) is 0 Å². The zero-order valence-electron chi connectivity index (χ0n) is 8.61. The Kier molecular flexibility index (Phi) is 4.73. The van der Waals surface area contributed by atoms with Gasteiger partial charge >= 0.3 is 0 Å². The summed E-state index contributed by atoms with van der Waals surface area (Å²) in [4.78, 5) is 0. The van der Waals surface area contributed by atoms with Gasteiger partial charge in [0.25, 0.3) is 0 Å². The largest absolute Gasteiger partial charge is 0.307 e. The third-order valence-electron chi connectivity index (χ3n) is 2.11. The zero-order chi connectivity index (χ0) is 10.2. The molecule has 0 saturated heterocycles. The highest BCUT2D eigenvalue weighted by Gasteiger charge is 2.00. The molecule has 0 heterocycles. The smallest absolute Gasteiger partial charge is 0.0294 e. The minimum Gasteiger partial charge on any atom is -0.307 e. The highest BCUT2D eigenvalue weighted by Crippen LogP contribution is 2.10. The molecule has 14 heavy (non-hydrogen) atoms. The summed E-state index contributed by atoms with van der Waals surface area (Å²) < 4.78 is 0. The van der Waals surface area contributed by atoms with Crippen LogP contribution in [0.15, 0.2) is 55.1 Å². The lowest BCUT2D eigenvalue weighted by atomic mass is 10.1. The van der Waals surface area contributed by atoms with E-state index in [-0.39, 0.29) is 0 Å². The number of hydrogen-bond donors (Lipinski definition) is 1. The first-order chi connectivity index (χ1) is 6.84. The summed E-state index contributed by atoms with van der Waals surface area (Å²) in [5.74, 6) is 0. The van der Waals surface area contributed by atoms with Crippen LogP contribution in [0.2, 0.25) is 0 Å². The summed E-state index contributed by atoms with van der Waals surface area (Å²) in [5.41, 5.74) is 1.32. The lowest BCUT2D eigenvalue weighted by Gasteiger charge is -2.12. The topological polar surface area (TPSA) is 12.0 Å². The SMILES string of the molecule is C=C/C=C/CNC(C)c1ccccc1. The van der Waals surface area contributed by atoms with Crippen LogP contribution in [-0.4, -0.2) is 6.54 Å². The summed E-state index contributed by atoms with van der Waals surface area (Å²) >= 11 is 0. The molecular formula is C13H17N. The van der Waals surface area contributed by atoms with Gasteiger partial charge in [0.05, 0.1) is 0 Å². The van der Waals surface area contributed by atoms with E-state index in [1.54, 1.807) is 6.08 Å². The summed E-state index contributed by atoms with van der Waals surface area (Å²) in [6, 6.07) is 10.8. The lowest BCUT2D eigenvalue weighted by Crippen LogP contribution is -2.18. The monoisotopic (exact) mass is 187 g/mol. The molecule has 0 spiro atoms. The van der Waals surface area contributed by atoms with E-state index in [0.717, 1.165) is 6.54 Å². The first-order valence-corrected chi connectivity index (χ1v) is 4.90. The third kappa shape index (κ3) is 3.58. The van der Waals surface area contributed by atoms with Gasteiger partial charge in [-0.3, -0.25) is 0 Å². The van der Waals surface area contributed by atoms with Gasteiger partial charge in [0.1, 0.15) is 0 Å². The van der Waals surface area contributed by atoms with Crippen molar-refractivity contribution in [3.8, 4) is 0 Å². The Hall–Kier alpha value is -1.34.